The predicted octanol–water partition coefficient (Wildman–Crippen LogP) is -0.661. The molecule has 7 nitrogen and oxygen atoms in total. The van der Waals surface area contributed by atoms with E-state index in [9.17, 15) is 14.4 Å². The highest BCUT2D eigenvalue weighted by molar-refractivity contribution is 5.88. The summed E-state index contributed by atoms with van der Waals surface area (Å²) in [6, 6.07) is 1.05. The van der Waals surface area contributed by atoms with Crippen molar-refractivity contribution in [1.29, 1.82) is 0 Å². The Balaban J connectivity index is 2.84. The first kappa shape index (κ1) is 9.25. The number of aromatic nitrogens is 2. The first-order valence-corrected chi connectivity index (χ1v) is 4.10. The number of amides is 1. The highest BCUT2D eigenvalue weighted by atomic mass is 16.6. The van der Waals surface area contributed by atoms with Crippen LogP contribution in [0.1, 0.15) is 6.92 Å². The minimum atomic E-state index is -0.496. The molecular formula is C8H7N3O4. The van der Waals surface area contributed by atoms with Crippen molar-refractivity contribution in [1.82, 2.24) is 10.3 Å². The van der Waals surface area contributed by atoms with Crippen molar-refractivity contribution in [3.05, 3.63) is 37.2 Å². The Morgan fingerprint density at radius 3 is 2.67 bits per heavy atom. The average Bonchev–Trinajstić information content (AvgIpc) is 2.61. The Morgan fingerprint density at radius 2 is 2.00 bits per heavy atom. The third-order valence-corrected chi connectivity index (χ3v) is 1.86. The topological polar surface area (TPSA) is 108 Å². The Labute approximate surface area is 81.7 Å². The summed E-state index contributed by atoms with van der Waals surface area (Å²) in [6.45, 7) is 1.25. The fourth-order valence-corrected chi connectivity index (χ4v) is 1.25. The molecule has 0 saturated heterocycles. The number of hydrogen-bond donors (Lipinski definition) is 3. The van der Waals surface area contributed by atoms with Gasteiger partial charge >= 0.3 is 0 Å². The van der Waals surface area contributed by atoms with Crippen molar-refractivity contribution in [2.45, 2.75) is 6.92 Å². The van der Waals surface area contributed by atoms with Crippen LogP contribution in [0.3, 0.4) is 0 Å². The Morgan fingerprint density at radius 1 is 1.33 bits per heavy atom. The van der Waals surface area contributed by atoms with E-state index in [0.29, 0.717) is 0 Å². The molecule has 1 aliphatic carbocycles. The van der Waals surface area contributed by atoms with Gasteiger partial charge in [0.15, 0.2) is 10.7 Å². The van der Waals surface area contributed by atoms with Gasteiger partial charge in [-0.1, -0.05) is 0 Å². The number of aromatic amines is 2. The molecule has 3 N–H and O–H groups in total. The van der Waals surface area contributed by atoms with Gasteiger partial charge in [0, 0.05) is 13.0 Å². The second-order valence-corrected chi connectivity index (χ2v) is 2.99. The molecule has 1 amide bonds. The number of rotatable bonds is 1. The quantitative estimate of drug-likeness (QED) is 0.579. The standard InChI is InChI=1S/C8H7N3O4/c1-3(12)9-4-2-5(13)6-7(8(4)14)11-15-10-6/h2,10-11H,1H3,(H,9,12). The van der Waals surface area contributed by atoms with E-state index in [1.165, 1.54) is 6.92 Å². The van der Waals surface area contributed by atoms with Crippen molar-refractivity contribution in [3.63, 3.8) is 0 Å². The van der Waals surface area contributed by atoms with Gasteiger partial charge in [-0.25, -0.2) is 0 Å². The molecule has 0 fully saturated rings. The van der Waals surface area contributed by atoms with Gasteiger partial charge in [0.25, 0.3) is 0 Å². The maximum absolute atomic E-state index is 11.6. The summed E-state index contributed by atoms with van der Waals surface area (Å²) in [5.41, 5.74) is -0.991. The molecule has 0 unspecified atom stereocenters. The molecule has 0 aromatic carbocycles. The van der Waals surface area contributed by atoms with E-state index in [4.69, 9.17) is 0 Å². The molecule has 1 heterocycles. The zero-order valence-corrected chi connectivity index (χ0v) is 7.71. The fourth-order valence-electron chi connectivity index (χ4n) is 1.25. The largest absolute Gasteiger partial charge is 0.323 e. The molecule has 0 saturated carbocycles. The molecule has 2 aliphatic rings. The highest BCUT2D eigenvalue weighted by Gasteiger charge is 2.08. The molecule has 0 bridgehead atoms. The Kier molecular flexibility index (Phi) is 1.93. The normalized spacial score (nSPS) is 10.5. The van der Waals surface area contributed by atoms with Gasteiger partial charge in [-0.05, 0) is 0 Å². The highest BCUT2D eigenvalue weighted by Crippen LogP contribution is 1.95. The lowest BCUT2D eigenvalue weighted by Crippen LogP contribution is -2.20. The SMILES string of the molecule is CC(=O)Nc1cc(=O)c2[nH]o[nH]c=2c1=O. The summed E-state index contributed by atoms with van der Waals surface area (Å²) >= 11 is 0. The Hall–Kier alpha value is -2.31. The molecule has 7 heteroatoms. The van der Waals surface area contributed by atoms with Crippen LogP contribution >= 0.6 is 0 Å². The molecular weight excluding hydrogens is 202 g/mol. The summed E-state index contributed by atoms with van der Waals surface area (Å²) < 4.78 is 4.52. The second-order valence-electron chi connectivity index (χ2n) is 2.99. The van der Waals surface area contributed by atoms with Crippen LogP contribution < -0.4 is 16.2 Å². The van der Waals surface area contributed by atoms with Crippen molar-refractivity contribution in [2.75, 3.05) is 5.32 Å². The van der Waals surface area contributed by atoms with Crippen LogP contribution in [0.15, 0.2) is 20.3 Å². The summed E-state index contributed by atoms with van der Waals surface area (Å²) in [7, 11) is 0. The van der Waals surface area contributed by atoms with Gasteiger partial charge < -0.3 is 5.32 Å². The summed E-state index contributed by atoms with van der Waals surface area (Å²) in [4.78, 5) is 33.8. The summed E-state index contributed by atoms with van der Waals surface area (Å²) in [6.07, 6.45) is 0. The summed E-state index contributed by atoms with van der Waals surface area (Å²) in [5.74, 6) is -0.418. The smallest absolute Gasteiger partial charge is 0.230 e. The van der Waals surface area contributed by atoms with Gasteiger partial charge in [0.05, 0.1) is 5.69 Å². The first-order chi connectivity index (χ1) is 7.09. The van der Waals surface area contributed by atoms with E-state index in [0.717, 1.165) is 6.07 Å². The van der Waals surface area contributed by atoms with Crippen molar-refractivity contribution < 1.29 is 9.42 Å². The van der Waals surface area contributed by atoms with Crippen LogP contribution in [0, 0.1) is 10.7 Å². The van der Waals surface area contributed by atoms with Crippen LogP contribution in [-0.2, 0) is 4.79 Å². The van der Waals surface area contributed by atoms with Crippen LogP contribution in [-0.4, -0.2) is 16.2 Å². The zero-order valence-electron chi connectivity index (χ0n) is 7.71. The van der Waals surface area contributed by atoms with Crippen LogP contribution in [0.5, 0.6) is 0 Å². The monoisotopic (exact) mass is 209 g/mol. The third-order valence-electron chi connectivity index (χ3n) is 1.86. The van der Waals surface area contributed by atoms with Crippen LogP contribution in [0.25, 0.3) is 0 Å². The minimum Gasteiger partial charge on any atom is -0.323 e. The average molecular weight is 209 g/mol. The molecule has 0 radical (unpaired) electrons. The van der Waals surface area contributed by atoms with Crippen LogP contribution in [0.2, 0.25) is 0 Å². The maximum atomic E-state index is 11.6. The number of anilines is 1. The minimum absolute atomic E-state index is 0.00579. The molecule has 0 aromatic rings. The second kappa shape index (κ2) is 3.12. The number of H-pyrrole nitrogens is 2. The van der Waals surface area contributed by atoms with Gasteiger partial charge in [0.2, 0.25) is 16.8 Å². The van der Waals surface area contributed by atoms with Crippen molar-refractivity contribution in [3.8, 4) is 0 Å². The van der Waals surface area contributed by atoms with E-state index in [-0.39, 0.29) is 16.4 Å². The van der Waals surface area contributed by atoms with Gasteiger partial charge in [-0.3, -0.25) is 19.0 Å². The Bertz CT molecular complexity index is 677. The molecule has 1 aliphatic heterocycles. The molecule has 0 aromatic heterocycles. The van der Waals surface area contributed by atoms with E-state index < -0.39 is 16.8 Å². The number of carbonyl (C=O) groups is 1. The lowest BCUT2D eigenvalue weighted by Gasteiger charge is -1.97. The predicted molar refractivity (Wildman–Crippen MR) is 49.6 cm³/mol. The zero-order chi connectivity index (χ0) is 11.0. The number of hydrogen-bond acceptors (Lipinski definition) is 4. The van der Waals surface area contributed by atoms with Crippen molar-refractivity contribution >= 4 is 11.6 Å². The lowest BCUT2D eigenvalue weighted by atomic mass is 10.3. The summed E-state index contributed by atoms with van der Waals surface area (Å²) in [5, 5.41) is 6.83. The van der Waals surface area contributed by atoms with Gasteiger partial charge in [-0.15, -0.1) is 0 Å². The van der Waals surface area contributed by atoms with E-state index >= 15 is 0 Å². The van der Waals surface area contributed by atoms with E-state index in [1.54, 1.807) is 0 Å². The first-order valence-electron chi connectivity index (χ1n) is 4.10. The molecule has 78 valence electrons. The maximum Gasteiger partial charge on any atom is 0.230 e. The van der Waals surface area contributed by atoms with Crippen LogP contribution in [0.4, 0.5) is 5.69 Å². The molecule has 15 heavy (non-hydrogen) atoms. The fraction of sp³-hybridized carbons (Fsp3) is 0.125. The number of carbonyl (C=O) groups excluding carboxylic acids is 1. The number of nitrogens with one attached hydrogen (secondary N) is 3. The van der Waals surface area contributed by atoms with E-state index in [2.05, 4.69) is 20.3 Å². The molecule has 2 rings (SSSR count). The van der Waals surface area contributed by atoms with E-state index in [1.807, 2.05) is 0 Å². The van der Waals surface area contributed by atoms with Gasteiger partial charge in [0.1, 0.15) is 0 Å². The third kappa shape index (κ3) is 1.43. The van der Waals surface area contributed by atoms with Gasteiger partial charge in [-0.2, -0.15) is 10.3 Å². The molecule has 0 spiro atoms. The lowest BCUT2D eigenvalue weighted by molar-refractivity contribution is -0.114. The molecule has 0 atom stereocenters. The van der Waals surface area contributed by atoms with Crippen molar-refractivity contribution in [2.24, 2.45) is 0 Å².